The van der Waals surface area contributed by atoms with Crippen molar-refractivity contribution in [3.05, 3.63) is 57.6 Å². The molecule has 0 amide bonds. The predicted molar refractivity (Wildman–Crippen MR) is 107 cm³/mol. The number of benzene rings is 1. The monoisotopic (exact) mass is 377 g/mol. The van der Waals surface area contributed by atoms with Gasteiger partial charge in [-0.15, -0.1) is 5.10 Å². The van der Waals surface area contributed by atoms with Gasteiger partial charge in [0.05, 0.1) is 37.2 Å². The fourth-order valence-electron chi connectivity index (χ4n) is 4.32. The molecule has 0 radical (unpaired) electrons. The van der Waals surface area contributed by atoms with E-state index in [2.05, 4.69) is 32.3 Å². The summed E-state index contributed by atoms with van der Waals surface area (Å²) < 4.78 is 7.06. The highest BCUT2D eigenvalue weighted by molar-refractivity contribution is 5.93. The van der Waals surface area contributed by atoms with Crippen LogP contribution in [0.2, 0.25) is 0 Å². The minimum absolute atomic E-state index is 0.0593. The molecular formula is C21H23N5O2. The molecule has 0 aliphatic carbocycles. The summed E-state index contributed by atoms with van der Waals surface area (Å²) in [5, 5.41) is 15.8. The maximum absolute atomic E-state index is 12.6. The highest BCUT2D eigenvalue weighted by Crippen LogP contribution is 2.31. The van der Waals surface area contributed by atoms with Gasteiger partial charge in [0.1, 0.15) is 0 Å². The first-order valence-electron chi connectivity index (χ1n) is 9.87. The third-order valence-corrected chi connectivity index (χ3v) is 5.79. The zero-order chi connectivity index (χ0) is 19.1. The average Bonchev–Trinajstić information content (AvgIpc) is 3.17. The summed E-state index contributed by atoms with van der Waals surface area (Å²) in [5.41, 5.74) is 2.78. The smallest absolute Gasteiger partial charge is 0.267 e. The average molecular weight is 377 g/mol. The van der Waals surface area contributed by atoms with Gasteiger partial charge < -0.3 is 9.64 Å². The van der Waals surface area contributed by atoms with Crippen LogP contribution in [0.5, 0.6) is 0 Å². The Balaban J connectivity index is 1.49. The molecule has 1 saturated heterocycles. The van der Waals surface area contributed by atoms with E-state index >= 15 is 0 Å². The second kappa shape index (κ2) is 6.98. The van der Waals surface area contributed by atoms with Gasteiger partial charge in [-0.05, 0) is 19.8 Å². The van der Waals surface area contributed by atoms with Crippen LogP contribution in [0.3, 0.4) is 0 Å². The van der Waals surface area contributed by atoms with Crippen molar-refractivity contribution in [1.82, 2.24) is 20.0 Å². The maximum atomic E-state index is 12.6. The van der Waals surface area contributed by atoms with Crippen LogP contribution < -0.4 is 10.5 Å². The predicted octanol–water partition coefficient (Wildman–Crippen LogP) is 2.24. The van der Waals surface area contributed by atoms with E-state index in [1.54, 1.807) is 10.7 Å². The van der Waals surface area contributed by atoms with Gasteiger partial charge in [-0.3, -0.25) is 4.79 Å². The Morgan fingerprint density at radius 1 is 1.21 bits per heavy atom. The molecule has 0 spiro atoms. The molecule has 1 fully saturated rings. The zero-order valence-corrected chi connectivity index (χ0v) is 16.0. The first-order valence-corrected chi connectivity index (χ1v) is 9.87. The summed E-state index contributed by atoms with van der Waals surface area (Å²) in [7, 11) is 0. The first kappa shape index (κ1) is 17.3. The van der Waals surface area contributed by atoms with Crippen LogP contribution in [0.25, 0.3) is 10.8 Å². The number of rotatable bonds is 3. The van der Waals surface area contributed by atoms with Crippen LogP contribution in [0.15, 0.2) is 35.1 Å². The van der Waals surface area contributed by atoms with E-state index in [0.717, 1.165) is 59.3 Å². The topological polar surface area (TPSA) is 73.1 Å². The Hall–Kier alpha value is -2.80. The van der Waals surface area contributed by atoms with E-state index < -0.39 is 0 Å². The maximum Gasteiger partial charge on any atom is 0.267 e. The lowest BCUT2D eigenvalue weighted by molar-refractivity contribution is 0.108. The second-order valence-corrected chi connectivity index (χ2v) is 7.58. The van der Waals surface area contributed by atoms with Crippen LogP contribution in [-0.2, 0) is 24.3 Å². The Kier molecular flexibility index (Phi) is 4.31. The third-order valence-electron chi connectivity index (χ3n) is 5.79. The fourth-order valence-corrected chi connectivity index (χ4v) is 4.32. The van der Waals surface area contributed by atoms with Gasteiger partial charge in [0.25, 0.3) is 5.56 Å². The number of aromatic nitrogens is 4. The molecule has 1 aromatic carbocycles. The number of hydrogen-bond donors (Lipinski definition) is 0. The number of ether oxygens (including phenoxy) is 1. The van der Waals surface area contributed by atoms with E-state index in [9.17, 15) is 4.79 Å². The summed E-state index contributed by atoms with van der Waals surface area (Å²) in [6, 6.07) is 10.1. The van der Waals surface area contributed by atoms with E-state index in [1.807, 2.05) is 19.1 Å². The molecule has 5 rings (SSSR count). The van der Waals surface area contributed by atoms with Gasteiger partial charge in [-0.2, -0.15) is 10.2 Å². The summed E-state index contributed by atoms with van der Waals surface area (Å²) in [4.78, 5) is 14.9. The molecule has 0 bridgehead atoms. The highest BCUT2D eigenvalue weighted by atomic mass is 16.5. The summed E-state index contributed by atoms with van der Waals surface area (Å²) >= 11 is 0. The lowest BCUT2D eigenvalue weighted by Crippen LogP contribution is -2.38. The van der Waals surface area contributed by atoms with Crippen LogP contribution in [0, 0.1) is 6.92 Å². The molecule has 2 aliphatic rings. The third kappa shape index (κ3) is 2.96. The molecule has 2 aromatic heterocycles. The largest absolute Gasteiger partial charge is 0.376 e. The Labute approximate surface area is 163 Å². The molecular weight excluding hydrogens is 354 g/mol. The van der Waals surface area contributed by atoms with Crippen molar-refractivity contribution in [3.8, 4) is 0 Å². The summed E-state index contributed by atoms with van der Waals surface area (Å²) in [6.07, 6.45) is 2.85. The molecule has 0 N–H and O–H groups in total. The minimum atomic E-state index is -0.0593. The number of fused-ring (bicyclic) bond motifs is 2. The van der Waals surface area contributed by atoms with Crippen molar-refractivity contribution in [3.63, 3.8) is 0 Å². The second-order valence-electron chi connectivity index (χ2n) is 7.58. The van der Waals surface area contributed by atoms with Crippen molar-refractivity contribution < 1.29 is 4.74 Å². The minimum Gasteiger partial charge on any atom is -0.376 e. The number of nitrogens with zero attached hydrogens (tertiary/aromatic N) is 5. The lowest BCUT2D eigenvalue weighted by Gasteiger charge is -2.27. The first-order chi connectivity index (χ1) is 13.7. The van der Waals surface area contributed by atoms with E-state index in [4.69, 9.17) is 4.74 Å². The van der Waals surface area contributed by atoms with E-state index in [1.165, 1.54) is 0 Å². The number of anilines is 1. The van der Waals surface area contributed by atoms with E-state index in [-0.39, 0.29) is 11.6 Å². The Morgan fingerprint density at radius 3 is 2.96 bits per heavy atom. The molecule has 144 valence electrons. The van der Waals surface area contributed by atoms with Gasteiger partial charge in [0, 0.05) is 35.4 Å². The molecule has 7 nitrogen and oxygen atoms in total. The standard InChI is InChI=1S/C21H23N5O2/c1-14-17-6-2-3-7-18(17)21(23-22-14)25-9-4-5-16(25)12-26-20(27)11-15-13-28-10-8-19(15)24-26/h2-3,6-7,11,16H,4-5,8-10,12-13H2,1H3. The van der Waals surface area contributed by atoms with E-state index in [0.29, 0.717) is 19.8 Å². The molecule has 1 unspecified atom stereocenters. The van der Waals surface area contributed by atoms with Crippen LogP contribution >= 0.6 is 0 Å². The van der Waals surface area contributed by atoms with Crippen LogP contribution in [0.1, 0.15) is 29.8 Å². The molecule has 3 aromatic rings. The summed E-state index contributed by atoms with van der Waals surface area (Å²) in [6.45, 7) is 4.62. The highest BCUT2D eigenvalue weighted by Gasteiger charge is 2.29. The van der Waals surface area contributed by atoms with Gasteiger partial charge in [0.2, 0.25) is 0 Å². The van der Waals surface area contributed by atoms with Gasteiger partial charge in [-0.1, -0.05) is 24.3 Å². The number of aryl methyl sites for hydroxylation is 1. The quantitative estimate of drug-likeness (QED) is 0.697. The Bertz CT molecular complexity index is 1090. The molecule has 28 heavy (non-hydrogen) atoms. The SMILES string of the molecule is Cc1nnc(N2CCCC2Cn2nc3c(cc2=O)COCC3)c2ccccc12. The Morgan fingerprint density at radius 2 is 2.07 bits per heavy atom. The van der Waals surface area contributed by atoms with Crippen molar-refractivity contribution >= 4 is 16.6 Å². The zero-order valence-electron chi connectivity index (χ0n) is 16.0. The number of hydrogen-bond acceptors (Lipinski definition) is 6. The van der Waals surface area contributed by atoms with Gasteiger partial charge in [0.15, 0.2) is 5.82 Å². The van der Waals surface area contributed by atoms with Crippen molar-refractivity contribution in [2.75, 3.05) is 18.1 Å². The van der Waals surface area contributed by atoms with Crippen molar-refractivity contribution in [2.24, 2.45) is 0 Å². The van der Waals surface area contributed by atoms with Crippen molar-refractivity contribution in [1.29, 1.82) is 0 Å². The van der Waals surface area contributed by atoms with Crippen LogP contribution in [0.4, 0.5) is 5.82 Å². The molecule has 4 heterocycles. The van der Waals surface area contributed by atoms with Crippen LogP contribution in [-0.4, -0.2) is 39.2 Å². The fraction of sp³-hybridized carbons (Fsp3) is 0.429. The summed E-state index contributed by atoms with van der Waals surface area (Å²) in [5.74, 6) is 0.906. The van der Waals surface area contributed by atoms with Crippen molar-refractivity contribution in [2.45, 2.75) is 45.4 Å². The molecule has 1 atom stereocenters. The molecule has 7 heteroatoms. The molecule has 0 saturated carbocycles. The van der Waals surface area contributed by atoms with Gasteiger partial charge >= 0.3 is 0 Å². The lowest BCUT2D eigenvalue weighted by atomic mass is 10.1. The molecule has 2 aliphatic heterocycles. The normalized spacial score (nSPS) is 19.2. The van der Waals surface area contributed by atoms with Gasteiger partial charge in [-0.25, -0.2) is 4.68 Å².